The minimum atomic E-state index is 0. The van der Waals surface area contributed by atoms with Crippen molar-refractivity contribution < 1.29 is 4.79 Å². The number of nitrogens with one attached hydrogen (secondary N) is 1. The van der Waals surface area contributed by atoms with Crippen molar-refractivity contribution in [2.75, 3.05) is 18.4 Å². The standard InChI is InChI=1S/C15H22IN3O.ClH/c1-11(17)14-7-2-3-8-19(14)10-15(20)18-13-6-4-5-12(16)9-13;/h4-6,9,11,14H,2-3,7-8,10,17H2,1H3,(H,18,20);1H. The summed E-state index contributed by atoms with van der Waals surface area (Å²) in [4.78, 5) is 14.4. The summed E-state index contributed by atoms with van der Waals surface area (Å²) in [7, 11) is 0. The maximum Gasteiger partial charge on any atom is 0.238 e. The van der Waals surface area contributed by atoms with E-state index in [1.165, 1.54) is 6.42 Å². The highest BCUT2D eigenvalue weighted by Gasteiger charge is 2.26. The van der Waals surface area contributed by atoms with Crippen LogP contribution in [0, 0.1) is 3.57 Å². The molecule has 1 aromatic carbocycles. The van der Waals surface area contributed by atoms with E-state index >= 15 is 0 Å². The van der Waals surface area contributed by atoms with Crippen LogP contribution in [0.4, 0.5) is 5.69 Å². The van der Waals surface area contributed by atoms with E-state index in [0.29, 0.717) is 12.6 Å². The number of carbonyl (C=O) groups excluding carboxylic acids is 1. The molecule has 2 unspecified atom stereocenters. The number of benzene rings is 1. The van der Waals surface area contributed by atoms with Gasteiger partial charge in [-0.3, -0.25) is 9.69 Å². The van der Waals surface area contributed by atoms with Gasteiger partial charge in [0.1, 0.15) is 0 Å². The SMILES string of the molecule is CC(N)C1CCCCN1CC(=O)Nc1cccc(I)c1.Cl. The highest BCUT2D eigenvalue weighted by Crippen LogP contribution is 2.19. The van der Waals surface area contributed by atoms with Crippen LogP contribution >= 0.6 is 35.0 Å². The lowest BCUT2D eigenvalue weighted by molar-refractivity contribution is -0.118. The van der Waals surface area contributed by atoms with Crippen LogP contribution in [-0.2, 0) is 4.79 Å². The molecule has 0 bridgehead atoms. The molecular weight excluding hydrogens is 401 g/mol. The number of piperidine rings is 1. The van der Waals surface area contributed by atoms with E-state index in [-0.39, 0.29) is 24.4 Å². The van der Waals surface area contributed by atoms with E-state index in [1.54, 1.807) is 0 Å². The smallest absolute Gasteiger partial charge is 0.238 e. The molecule has 1 aliphatic heterocycles. The molecule has 118 valence electrons. The van der Waals surface area contributed by atoms with Crippen molar-refractivity contribution in [1.82, 2.24) is 4.90 Å². The van der Waals surface area contributed by atoms with E-state index in [1.807, 2.05) is 31.2 Å². The average Bonchev–Trinajstić information content (AvgIpc) is 2.38. The van der Waals surface area contributed by atoms with Gasteiger partial charge in [-0.1, -0.05) is 12.5 Å². The molecule has 0 saturated carbocycles. The van der Waals surface area contributed by atoms with E-state index in [4.69, 9.17) is 5.73 Å². The van der Waals surface area contributed by atoms with Gasteiger partial charge in [-0.2, -0.15) is 0 Å². The fourth-order valence-corrected chi connectivity index (χ4v) is 3.30. The zero-order valence-corrected chi connectivity index (χ0v) is 15.2. The number of halogens is 2. The number of carbonyl (C=O) groups is 1. The first-order chi connectivity index (χ1) is 9.56. The predicted molar refractivity (Wildman–Crippen MR) is 97.9 cm³/mol. The first-order valence-corrected chi connectivity index (χ1v) is 8.19. The van der Waals surface area contributed by atoms with Gasteiger partial charge in [-0.05, 0) is 67.1 Å². The van der Waals surface area contributed by atoms with Gasteiger partial charge in [0.2, 0.25) is 5.91 Å². The normalized spacial score (nSPS) is 20.4. The number of likely N-dealkylation sites (tertiary alicyclic amines) is 1. The van der Waals surface area contributed by atoms with Crippen LogP contribution in [-0.4, -0.2) is 36.0 Å². The molecule has 6 heteroatoms. The van der Waals surface area contributed by atoms with E-state index in [2.05, 4.69) is 32.8 Å². The number of nitrogens with two attached hydrogens (primary N) is 1. The van der Waals surface area contributed by atoms with E-state index < -0.39 is 0 Å². The largest absolute Gasteiger partial charge is 0.327 e. The van der Waals surface area contributed by atoms with Gasteiger partial charge in [0.15, 0.2) is 0 Å². The van der Waals surface area contributed by atoms with Crippen LogP contribution in [0.2, 0.25) is 0 Å². The molecule has 1 aromatic rings. The van der Waals surface area contributed by atoms with Crippen LogP contribution < -0.4 is 11.1 Å². The number of hydrogen-bond donors (Lipinski definition) is 2. The Bertz CT molecular complexity index is 470. The zero-order chi connectivity index (χ0) is 14.5. The minimum absolute atomic E-state index is 0. The molecule has 0 aromatic heterocycles. The molecular formula is C15H23ClIN3O. The lowest BCUT2D eigenvalue weighted by atomic mass is 9.97. The monoisotopic (exact) mass is 423 g/mol. The Kier molecular flexibility index (Phi) is 7.94. The van der Waals surface area contributed by atoms with Gasteiger partial charge in [0, 0.05) is 21.3 Å². The minimum Gasteiger partial charge on any atom is -0.327 e. The summed E-state index contributed by atoms with van der Waals surface area (Å²) in [5, 5.41) is 2.96. The van der Waals surface area contributed by atoms with Crippen LogP contribution in [0.3, 0.4) is 0 Å². The molecule has 1 heterocycles. The van der Waals surface area contributed by atoms with E-state index in [0.717, 1.165) is 28.6 Å². The second-order valence-electron chi connectivity index (χ2n) is 5.45. The molecule has 1 saturated heterocycles. The summed E-state index contributed by atoms with van der Waals surface area (Å²) in [5.74, 6) is 0.0413. The summed E-state index contributed by atoms with van der Waals surface area (Å²) in [6, 6.07) is 8.28. The Morgan fingerprint density at radius 3 is 2.95 bits per heavy atom. The topological polar surface area (TPSA) is 58.4 Å². The summed E-state index contributed by atoms with van der Waals surface area (Å²) < 4.78 is 1.12. The molecule has 0 aliphatic carbocycles. The summed E-state index contributed by atoms with van der Waals surface area (Å²) >= 11 is 2.24. The predicted octanol–water partition coefficient (Wildman–Crippen LogP) is 2.85. The Balaban J connectivity index is 0.00000220. The Hall–Kier alpha value is -0.370. The van der Waals surface area contributed by atoms with Crippen molar-refractivity contribution in [3.05, 3.63) is 27.8 Å². The fraction of sp³-hybridized carbons (Fsp3) is 0.533. The second-order valence-corrected chi connectivity index (χ2v) is 6.70. The third kappa shape index (κ3) is 5.73. The van der Waals surface area contributed by atoms with Crippen LogP contribution in [0.5, 0.6) is 0 Å². The van der Waals surface area contributed by atoms with Gasteiger partial charge < -0.3 is 11.1 Å². The first-order valence-electron chi connectivity index (χ1n) is 7.11. The summed E-state index contributed by atoms with van der Waals surface area (Å²) in [5.41, 5.74) is 6.89. The number of hydrogen-bond acceptors (Lipinski definition) is 3. The van der Waals surface area contributed by atoms with Gasteiger partial charge in [-0.15, -0.1) is 12.4 Å². The van der Waals surface area contributed by atoms with Gasteiger partial charge in [0.25, 0.3) is 0 Å². The highest BCUT2D eigenvalue weighted by atomic mass is 127. The average molecular weight is 424 g/mol. The van der Waals surface area contributed by atoms with Crippen molar-refractivity contribution in [2.45, 2.75) is 38.3 Å². The van der Waals surface area contributed by atoms with Gasteiger partial charge in [-0.25, -0.2) is 0 Å². The molecule has 2 atom stereocenters. The maximum absolute atomic E-state index is 12.2. The summed E-state index contributed by atoms with van der Waals surface area (Å²) in [6.45, 7) is 3.42. The van der Waals surface area contributed by atoms with Crippen molar-refractivity contribution >= 4 is 46.6 Å². The fourth-order valence-electron chi connectivity index (χ4n) is 2.76. The second kappa shape index (κ2) is 8.92. The van der Waals surface area contributed by atoms with Crippen molar-refractivity contribution in [1.29, 1.82) is 0 Å². The third-order valence-electron chi connectivity index (χ3n) is 3.73. The highest BCUT2D eigenvalue weighted by molar-refractivity contribution is 14.1. The molecule has 0 spiro atoms. The van der Waals surface area contributed by atoms with Crippen molar-refractivity contribution in [3.63, 3.8) is 0 Å². The first kappa shape index (κ1) is 18.7. The third-order valence-corrected chi connectivity index (χ3v) is 4.40. The Morgan fingerprint density at radius 1 is 1.52 bits per heavy atom. The van der Waals surface area contributed by atoms with Gasteiger partial charge >= 0.3 is 0 Å². The van der Waals surface area contributed by atoms with Crippen molar-refractivity contribution in [3.8, 4) is 0 Å². The zero-order valence-electron chi connectivity index (χ0n) is 12.2. The van der Waals surface area contributed by atoms with Crippen LogP contribution in [0.25, 0.3) is 0 Å². The molecule has 1 fully saturated rings. The van der Waals surface area contributed by atoms with Gasteiger partial charge in [0.05, 0.1) is 6.54 Å². The molecule has 4 nitrogen and oxygen atoms in total. The quantitative estimate of drug-likeness (QED) is 0.732. The molecule has 2 rings (SSSR count). The van der Waals surface area contributed by atoms with Crippen LogP contribution in [0.1, 0.15) is 26.2 Å². The number of rotatable bonds is 4. The molecule has 0 radical (unpaired) electrons. The Morgan fingerprint density at radius 2 is 2.29 bits per heavy atom. The Labute approximate surface area is 146 Å². The lowest BCUT2D eigenvalue weighted by Crippen LogP contribution is -2.51. The number of anilines is 1. The molecule has 1 aliphatic rings. The van der Waals surface area contributed by atoms with Crippen molar-refractivity contribution in [2.24, 2.45) is 5.73 Å². The number of amides is 1. The lowest BCUT2D eigenvalue weighted by Gasteiger charge is -2.37. The van der Waals surface area contributed by atoms with E-state index in [9.17, 15) is 4.79 Å². The maximum atomic E-state index is 12.2. The summed E-state index contributed by atoms with van der Waals surface area (Å²) in [6.07, 6.45) is 3.45. The molecule has 21 heavy (non-hydrogen) atoms. The van der Waals surface area contributed by atoms with Crippen LogP contribution in [0.15, 0.2) is 24.3 Å². The number of nitrogens with zero attached hydrogens (tertiary/aromatic N) is 1. The molecule has 3 N–H and O–H groups in total. The molecule has 1 amide bonds.